The lowest BCUT2D eigenvalue weighted by molar-refractivity contribution is -0.126. The van der Waals surface area contributed by atoms with Gasteiger partial charge in [0.1, 0.15) is 6.04 Å². The second-order valence-corrected chi connectivity index (χ2v) is 4.37. The van der Waals surface area contributed by atoms with Gasteiger partial charge in [-0.05, 0) is 32.4 Å². The van der Waals surface area contributed by atoms with Gasteiger partial charge in [0.05, 0.1) is 0 Å². The maximum absolute atomic E-state index is 11.6. The van der Waals surface area contributed by atoms with E-state index in [4.69, 9.17) is 0 Å². The van der Waals surface area contributed by atoms with Gasteiger partial charge in [-0.15, -0.1) is 0 Å². The molecule has 2 N–H and O–H groups in total. The quantitative estimate of drug-likeness (QED) is 0.791. The molecule has 0 bridgehead atoms. The Morgan fingerprint density at radius 3 is 2.74 bits per heavy atom. The van der Waals surface area contributed by atoms with Gasteiger partial charge in [-0.3, -0.25) is 9.59 Å². The predicted octanol–water partition coefficient (Wildman–Crippen LogP) is 1.65. The van der Waals surface area contributed by atoms with Crippen LogP contribution in [0, 0.1) is 6.92 Å². The Balaban J connectivity index is 2.53. The van der Waals surface area contributed by atoms with Crippen molar-refractivity contribution in [2.75, 3.05) is 6.54 Å². The normalized spacial score (nSPS) is 12.2. The van der Waals surface area contributed by atoms with Gasteiger partial charge in [0.15, 0.2) is 0 Å². The molecule has 1 unspecified atom stereocenters. The summed E-state index contributed by atoms with van der Waals surface area (Å²) >= 11 is 0. The van der Waals surface area contributed by atoms with Gasteiger partial charge in [0, 0.05) is 12.6 Å². The Hall–Kier alpha value is -2.10. The molecule has 1 aromatic carbocycles. The zero-order chi connectivity index (χ0) is 14.3. The zero-order valence-electron chi connectivity index (χ0n) is 11.6. The van der Waals surface area contributed by atoms with E-state index in [1.807, 2.05) is 38.1 Å². The van der Waals surface area contributed by atoms with Gasteiger partial charge in [0.2, 0.25) is 11.8 Å². The minimum atomic E-state index is -0.533. The SMILES string of the molecule is CCNC(=O)C(C)NC(=O)/C=C/c1cccc(C)c1. The molecule has 0 heterocycles. The summed E-state index contributed by atoms with van der Waals surface area (Å²) in [6, 6.07) is 7.30. The standard InChI is InChI=1S/C15H20N2O2/c1-4-16-15(19)12(3)17-14(18)9-8-13-7-5-6-11(2)10-13/h5-10,12H,4H2,1-3H3,(H,16,19)(H,17,18)/b9-8+. The third-order valence-corrected chi connectivity index (χ3v) is 2.57. The van der Waals surface area contributed by atoms with Crippen molar-refractivity contribution in [3.63, 3.8) is 0 Å². The van der Waals surface area contributed by atoms with Crippen molar-refractivity contribution in [3.8, 4) is 0 Å². The number of carbonyl (C=O) groups excluding carboxylic acids is 2. The first-order chi connectivity index (χ1) is 9.02. The molecule has 0 saturated carbocycles. The number of nitrogens with one attached hydrogen (secondary N) is 2. The van der Waals surface area contributed by atoms with Gasteiger partial charge in [0.25, 0.3) is 0 Å². The monoisotopic (exact) mass is 260 g/mol. The van der Waals surface area contributed by atoms with Crippen molar-refractivity contribution >= 4 is 17.9 Å². The molecule has 0 fully saturated rings. The molecule has 102 valence electrons. The number of rotatable bonds is 5. The van der Waals surface area contributed by atoms with E-state index in [9.17, 15) is 9.59 Å². The number of amides is 2. The smallest absolute Gasteiger partial charge is 0.244 e. The number of carbonyl (C=O) groups is 2. The summed E-state index contributed by atoms with van der Waals surface area (Å²) in [4.78, 5) is 23.1. The molecular weight excluding hydrogens is 240 g/mol. The van der Waals surface area contributed by atoms with Crippen LogP contribution < -0.4 is 10.6 Å². The molecule has 0 saturated heterocycles. The molecule has 0 aromatic heterocycles. The average molecular weight is 260 g/mol. The fraction of sp³-hybridized carbons (Fsp3) is 0.333. The van der Waals surface area contributed by atoms with Crippen molar-refractivity contribution in [1.29, 1.82) is 0 Å². The van der Waals surface area contributed by atoms with E-state index in [0.29, 0.717) is 6.54 Å². The fourth-order valence-electron chi connectivity index (χ4n) is 1.60. The summed E-state index contributed by atoms with van der Waals surface area (Å²) in [5, 5.41) is 5.27. The Labute approximate surface area is 113 Å². The van der Waals surface area contributed by atoms with Crippen molar-refractivity contribution in [2.24, 2.45) is 0 Å². The molecule has 0 aliphatic carbocycles. The molecule has 0 radical (unpaired) electrons. The first-order valence-electron chi connectivity index (χ1n) is 6.36. The van der Waals surface area contributed by atoms with Crippen LogP contribution in [-0.4, -0.2) is 24.4 Å². The Morgan fingerprint density at radius 1 is 1.37 bits per heavy atom. The maximum atomic E-state index is 11.6. The van der Waals surface area contributed by atoms with Crippen LogP contribution in [0.1, 0.15) is 25.0 Å². The van der Waals surface area contributed by atoms with Crippen LogP contribution >= 0.6 is 0 Å². The third-order valence-electron chi connectivity index (χ3n) is 2.57. The largest absolute Gasteiger partial charge is 0.355 e. The van der Waals surface area contributed by atoms with Gasteiger partial charge in [-0.25, -0.2) is 0 Å². The van der Waals surface area contributed by atoms with E-state index in [0.717, 1.165) is 11.1 Å². The van der Waals surface area contributed by atoms with Crippen molar-refractivity contribution in [3.05, 3.63) is 41.5 Å². The molecule has 4 nitrogen and oxygen atoms in total. The molecule has 1 aromatic rings. The zero-order valence-corrected chi connectivity index (χ0v) is 11.6. The van der Waals surface area contributed by atoms with Crippen molar-refractivity contribution in [2.45, 2.75) is 26.8 Å². The lowest BCUT2D eigenvalue weighted by atomic mass is 10.1. The minimum absolute atomic E-state index is 0.181. The lowest BCUT2D eigenvalue weighted by Gasteiger charge is -2.11. The highest BCUT2D eigenvalue weighted by Gasteiger charge is 2.12. The number of likely N-dealkylation sites (N-methyl/N-ethyl adjacent to an activating group) is 1. The highest BCUT2D eigenvalue weighted by Crippen LogP contribution is 2.05. The van der Waals surface area contributed by atoms with Gasteiger partial charge < -0.3 is 10.6 Å². The van der Waals surface area contributed by atoms with Crippen molar-refractivity contribution < 1.29 is 9.59 Å². The topological polar surface area (TPSA) is 58.2 Å². The van der Waals surface area contributed by atoms with Crippen LogP contribution in [0.4, 0.5) is 0 Å². The first kappa shape index (κ1) is 15.0. The summed E-state index contributed by atoms with van der Waals surface area (Å²) in [6.45, 7) is 6.04. The van der Waals surface area contributed by atoms with Crippen LogP contribution in [-0.2, 0) is 9.59 Å². The van der Waals surface area contributed by atoms with E-state index in [2.05, 4.69) is 10.6 Å². The van der Waals surface area contributed by atoms with E-state index >= 15 is 0 Å². The molecule has 1 rings (SSSR count). The molecular formula is C15H20N2O2. The van der Waals surface area contributed by atoms with Gasteiger partial charge >= 0.3 is 0 Å². The van der Waals surface area contributed by atoms with Crippen LogP contribution in [0.3, 0.4) is 0 Å². The number of aryl methyl sites for hydroxylation is 1. The molecule has 0 aliphatic rings. The summed E-state index contributed by atoms with van der Waals surface area (Å²) in [5.41, 5.74) is 2.10. The third kappa shape index (κ3) is 5.38. The van der Waals surface area contributed by atoms with Crippen LogP contribution in [0.15, 0.2) is 30.3 Å². The van der Waals surface area contributed by atoms with E-state index < -0.39 is 6.04 Å². The van der Waals surface area contributed by atoms with E-state index in [1.54, 1.807) is 13.0 Å². The highest BCUT2D eigenvalue weighted by molar-refractivity contribution is 5.95. The molecule has 0 spiro atoms. The summed E-state index contributed by atoms with van der Waals surface area (Å²) in [5.74, 6) is -0.458. The van der Waals surface area contributed by atoms with Crippen LogP contribution in [0.2, 0.25) is 0 Å². The average Bonchev–Trinajstić information content (AvgIpc) is 2.36. The Bertz CT molecular complexity index is 481. The summed E-state index contributed by atoms with van der Waals surface area (Å²) in [7, 11) is 0. The second kappa shape index (κ2) is 7.36. The van der Waals surface area contributed by atoms with Gasteiger partial charge in [-0.2, -0.15) is 0 Å². The molecule has 19 heavy (non-hydrogen) atoms. The summed E-state index contributed by atoms with van der Waals surface area (Å²) < 4.78 is 0. The molecule has 0 aliphatic heterocycles. The van der Waals surface area contributed by atoms with Crippen LogP contribution in [0.5, 0.6) is 0 Å². The minimum Gasteiger partial charge on any atom is -0.355 e. The van der Waals surface area contributed by atoms with Crippen LogP contribution in [0.25, 0.3) is 6.08 Å². The second-order valence-electron chi connectivity index (χ2n) is 4.37. The molecule has 2 amide bonds. The summed E-state index contributed by atoms with van der Waals surface area (Å²) in [6.07, 6.45) is 3.16. The number of hydrogen-bond donors (Lipinski definition) is 2. The molecule has 1 atom stereocenters. The maximum Gasteiger partial charge on any atom is 0.244 e. The number of benzene rings is 1. The predicted molar refractivity (Wildman–Crippen MR) is 76.5 cm³/mol. The van der Waals surface area contributed by atoms with Crippen molar-refractivity contribution in [1.82, 2.24) is 10.6 Å². The lowest BCUT2D eigenvalue weighted by Crippen LogP contribution is -2.44. The van der Waals surface area contributed by atoms with E-state index in [1.165, 1.54) is 6.08 Å². The Kier molecular flexibility index (Phi) is 5.79. The Morgan fingerprint density at radius 2 is 2.11 bits per heavy atom. The fourth-order valence-corrected chi connectivity index (χ4v) is 1.60. The van der Waals surface area contributed by atoms with Gasteiger partial charge in [-0.1, -0.05) is 29.8 Å². The number of hydrogen-bond acceptors (Lipinski definition) is 2. The van der Waals surface area contributed by atoms with E-state index in [-0.39, 0.29) is 11.8 Å². The first-order valence-corrected chi connectivity index (χ1v) is 6.36. The molecule has 4 heteroatoms. The highest BCUT2D eigenvalue weighted by atomic mass is 16.2.